The molecule has 2 aromatic rings. The smallest absolute Gasteiger partial charge is 0.192 e. The Bertz CT molecular complexity index is 769. The Kier molecular flexibility index (Phi) is 8.48. The van der Waals surface area contributed by atoms with Crippen molar-refractivity contribution < 1.29 is 18.6 Å². The molecule has 0 bridgehead atoms. The molecule has 3 atom stereocenters. The second kappa shape index (κ2) is 10.9. The monoisotopic (exact) mass is 442 g/mol. The average Bonchev–Trinajstić information content (AvgIpc) is 3.56. The van der Waals surface area contributed by atoms with E-state index in [0.717, 1.165) is 24.2 Å². The zero-order chi connectivity index (χ0) is 22.3. The Hall–Kier alpha value is -1.50. The quantitative estimate of drug-likeness (QED) is 0.300. The zero-order valence-corrected chi connectivity index (χ0v) is 20.7. The number of hydrogen-bond acceptors (Lipinski definition) is 4. The van der Waals surface area contributed by atoms with Crippen molar-refractivity contribution in [2.24, 2.45) is 0 Å². The minimum absolute atomic E-state index is 0.0822. The van der Waals surface area contributed by atoms with Crippen LogP contribution in [0.3, 0.4) is 0 Å². The van der Waals surface area contributed by atoms with Gasteiger partial charge in [-0.05, 0) is 29.3 Å². The number of hydrogen-bond donors (Lipinski definition) is 0. The molecule has 31 heavy (non-hydrogen) atoms. The highest BCUT2D eigenvalue weighted by atomic mass is 28.4. The highest BCUT2D eigenvalue weighted by Crippen LogP contribution is 2.37. The number of ether oxygens (including phenoxy) is 3. The molecule has 0 spiro atoms. The van der Waals surface area contributed by atoms with Crippen LogP contribution in [-0.2, 0) is 31.9 Å². The van der Waals surface area contributed by atoms with Crippen LogP contribution in [0.2, 0.25) is 18.1 Å². The molecule has 2 aromatic carbocycles. The third kappa shape index (κ3) is 7.85. The summed E-state index contributed by atoms with van der Waals surface area (Å²) in [4.78, 5) is 0. The van der Waals surface area contributed by atoms with E-state index in [4.69, 9.17) is 18.6 Å². The molecule has 4 nitrogen and oxygen atoms in total. The van der Waals surface area contributed by atoms with Gasteiger partial charge in [0.2, 0.25) is 0 Å². The van der Waals surface area contributed by atoms with E-state index in [0.29, 0.717) is 19.8 Å². The lowest BCUT2D eigenvalue weighted by Crippen LogP contribution is -2.45. The minimum Gasteiger partial charge on any atom is -0.414 e. The summed E-state index contributed by atoms with van der Waals surface area (Å²) in [5.41, 5.74) is 2.32. The highest BCUT2D eigenvalue weighted by Gasteiger charge is 2.39. The van der Waals surface area contributed by atoms with E-state index >= 15 is 0 Å². The van der Waals surface area contributed by atoms with Crippen LogP contribution >= 0.6 is 0 Å². The van der Waals surface area contributed by atoms with E-state index < -0.39 is 8.32 Å². The Morgan fingerprint density at radius 2 is 1.35 bits per heavy atom. The maximum atomic E-state index is 6.57. The van der Waals surface area contributed by atoms with Crippen LogP contribution in [0.4, 0.5) is 0 Å². The van der Waals surface area contributed by atoms with E-state index in [1.54, 1.807) is 0 Å². The molecule has 5 heteroatoms. The van der Waals surface area contributed by atoms with Crippen molar-refractivity contribution in [3.05, 3.63) is 71.8 Å². The first kappa shape index (κ1) is 24.1. The predicted octanol–water partition coefficient (Wildman–Crippen LogP) is 5.97. The van der Waals surface area contributed by atoms with Gasteiger partial charge in [-0.2, -0.15) is 0 Å². The zero-order valence-electron chi connectivity index (χ0n) is 19.7. The highest BCUT2D eigenvalue weighted by molar-refractivity contribution is 6.74. The lowest BCUT2D eigenvalue weighted by molar-refractivity contribution is -0.106. The second-order valence-corrected chi connectivity index (χ2v) is 14.7. The lowest BCUT2D eigenvalue weighted by Gasteiger charge is -2.38. The van der Waals surface area contributed by atoms with Gasteiger partial charge < -0.3 is 18.6 Å². The fourth-order valence-corrected chi connectivity index (χ4v) is 4.13. The first-order valence-electron chi connectivity index (χ1n) is 11.3. The minimum atomic E-state index is -1.90. The maximum Gasteiger partial charge on any atom is 0.192 e. The van der Waals surface area contributed by atoms with E-state index in [1.165, 1.54) is 0 Å². The topological polar surface area (TPSA) is 40.2 Å². The number of epoxide rings is 1. The van der Waals surface area contributed by atoms with Crippen molar-refractivity contribution in [2.75, 3.05) is 13.2 Å². The third-order valence-corrected chi connectivity index (χ3v) is 10.8. The van der Waals surface area contributed by atoms with Gasteiger partial charge in [0.15, 0.2) is 8.32 Å². The summed E-state index contributed by atoms with van der Waals surface area (Å²) in [7, 11) is -1.90. The lowest BCUT2D eigenvalue weighted by atomic mass is 10.1. The SMILES string of the molecule is CC(C)(C)[Si](C)(C)OC[C@@H](OCc1ccccc1)[C@H](CC1CO1)OCc1ccccc1. The van der Waals surface area contributed by atoms with Crippen LogP contribution in [-0.4, -0.2) is 39.8 Å². The molecule has 1 unspecified atom stereocenters. The molecule has 3 rings (SSSR count). The average molecular weight is 443 g/mol. The molecule has 0 amide bonds. The Labute approximate surface area is 189 Å². The molecule has 0 N–H and O–H groups in total. The van der Waals surface area contributed by atoms with Gasteiger partial charge in [0.25, 0.3) is 0 Å². The summed E-state index contributed by atoms with van der Waals surface area (Å²) in [5, 5.41) is 0.150. The Morgan fingerprint density at radius 3 is 1.81 bits per heavy atom. The van der Waals surface area contributed by atoms with Crippen LogP contribution < -0.4 is 0 Å². The number of rotatable bonds is 12. The molecule has 1 aliphatic heterocycles. The van der Waals surface area contributed by atoms with Gasteiger partial charge >= 0.3 is 0 Å². The van der Waals surface area contributed by atoms with Gasteiger partial charge in [0, 0.05) is 6.42 Å². The van der Waals surface area contributed by atoms with Crippen LogP contribution in [0.1, 0.15) is 38.3 Å². The van der Waals surface area contributed by atoms with Gasteiger partial charge in [-0.3, -0.25) is 0 Å². The molecule has 1 heterocycles. The molecule has 0 radical (unpaired) electrons. The molecular weight excluding hydrogens is 404 g/mol. The first-order valence-corrected chi connectivity index (χ1v) is 14.2. The third-order valence-electron chi connectivity index (χ3n) is 6.34. The van der Waals surface area contributed by atoms with Gasteiger partial charge in [0.05, 0.1) is 38.6 Å². The van der Waals surface area contributed by atoms with Crippen LogP contribution in [0.15, 0.2) is 60.7 Å². The molecule has 0 aromatic heterocycles. The number of benzene rings is 2. The molecule has 0 aliphatic carbocycles. The first-order chi connectivity index (χ1) is 14.7. The van der Waals surface area contributed by atoms with E-state index in [9.17, 15) is 0 Å². The molecule has 1 saturated heterocycles. The standard InChI is InChI=1S/C26H38O4Si/c1-26(2,3)31(4,5)30-20-25(29-18-22-14-10-7-11-15-22)24(16-23-19-27-23)28-17-21-12-8-6-9-13-21/h6-15,23-25H,16-20H2,1-5H3/t23?,24-,25+/m0/s1. The second-order valence-electron chi connectivity index (χ2n) is 9.93. The molecule has 0 saturated carbocycles. The molecule has 170 valence electrons. The molecule has 1 fully saturated rings. The van der Waals surface area contributed by atoms with Crippen molar-refractivity contribution in [3.8, 4) is 0 Å². The van der Waals surface area contributed by atoms with Crippen molar-refractivity contribution in [3.63, 3.8) is 0 Å². The summed E-state index contributed by atoms with van der Waals surface area (Å²) < 4.78 is 25.0. The van der Waals surface area contributed by atoms with E-state index in [1.807, 2.05) is 36.4 Å². The molecule has 1 aliphatic rings. The van der Waals surface area contributed by atoms with Gasteiger partial charge in [-0.15, -0.1) is 0 Å². The fraction of sp³-hybridized carbons (Fsp3) is 0.538. The van der Waals surface area contributed by atoms with E-state index in [-0.39, 0.29) is 23.4 Å². The van der Waals surface area contributed by atoms with Gasteiger partial charge in [-0.1, -0.05) is 81.4 Å². The van der Waals surface area contributed by atoms with Gasteiger partial charge in [0.1, 0.15) is 6.10 Å². The predicted molar refractivity (Wildman–Crippen MR) is 128 cm³/mol. The van der Waals surface area contributed by atoms with Crippen molar-refractivity contribution in [1.29, 1.82) is 0 Å². The largest absolute Gasteiger partial charge is 0.414 e. The molecular formula is C26H38O4Si. The summed E-state index contributed by atoms with van der Waals surface area (Å²) >= 11 is 0. The van der Waals surface area contributed by atoms with Crippen LogP contribution in [0, 0.1) is 0 Å². The summed E-state index contributed by atoms with van der Waals surface area (Å²) in [6, 6.07) is 20.6. The summed E-state index contributed by atoms with van der Waals surface area (Å²) in [6.45, 7) is 13.8. The maximum absolute atomic E-state index is 6.57. The summed E-state index contributed by atoms with van der Waals surface area (Å²) in [6.07, 6.45) is 0.854. The van der Waals surface area contributed by atoms with Gasteiger partial charge in [-0.25, -0.2) is 0 Å². The van der Waals surface area contributed by atoms with Crippen molar-refractivity contribution in [2.45, 2.75) is 76.8 Å². The van der Waals surface area contributed by atoms with Crippen LogP contribution in [0.5, 0.6) is 0 Å². The normalized spacial score (nSPS) is 18.5. The Morgan fingerprint density at radius 1 is 0.871 bits per heavy atom. The van der Waals surface area contributed by atoms with Crippen LogP contribution in [0.25, 0.3) is 0 Å². The Balaban J connectivity index is 1.70. The fourth-order valence-electron chi connectivity index (χ4n) is 3.12. The van der Waals surface area contributed by atoms with Crippen molar-refractivity contribution >= 4 is 8.32 Å². The van der Waals surface area contributed by atoms with Crippen molar-refractivity contribution in [1.82, 2.24) is 0 Å². The summed E-state index contributed by atoms with van der Waals surface area (Å²) in [5.74, 6) is 0. The van der Waals surface area contributed by atoms with E-state index in [2.05, 4.69) is 58.1 Å².